The second-order valence-electron chi connectivity index (χ2n) is 3.89. The van der Waals surface area contributed by atoms with Gasteiger partial charge in [0.05, 0.1) is 9.82 Å². The summed E-state index contributed by atoms with van der Waals surface area (Å²) in [4.78, 5) is 21.9. The zero-order chi connectivity index (χ0) is 15.6. The summed E-state index contributed by atoms with van der Waals surface area (Å²) in [6.45, 7) is 0. The molecule has 0 radical (unpaired) electrons. The molecule has 2 aromatic rings. The van der Waals surface area contributed by atoms with Gasteiger partial charge in [-0.25, -0.2) is 9.18 Å². The second kappa shape index (κ2) is 6.23. The Balaban J connectivity index is 2.53. The SMILES string of the molecule is O=C(O)c1cc([N+](=O)[O-])c(Sc2ccccc2Br)cc1F. The number of halogens is 2. The van der Waals surface area contributed by atoms with Gasteiger partial charge in [-0.1, -0.05) is 23.9 Å². The maximum atomic E-state index is 13.7. The van der Waals surface area contributed by atoms with Crippen LogP contribution >= 0.6 is 27.7 Å². The Morgan fingerprint density at radius 2 is 1.95 bits per heavy atom. The van der Waals surface area contributed by atoms with Gasteiger partial charge in [0.1, 0.15) is 11.4 Å². The quantitative estimate of drug-likeness (QED) is 0.638. The molecule has 0 fully saturated rings. The van der Waals surface area contributed by atoms with E-state index in [2.05, 4.69) is 15.9 Å². The first-order valence-electron chi connectivity index (χ1n) is 5.53. The van der Waals surface area contributed by atoms with Crippen molar-refractivity contribution in [2.24, 2.45) is 0 Å². The molecule has 5 nitrogen and oxygen atoms in total. The van der Waals surface area contributed by atoms with Crippen LogP contribution in [0.2, 0.25) is 0 Å². The molecule has 0 aliphatic carbocycles. The Kier molecular flexibility index (Phi) is 4.59. The number of carboxylic acid groups (broad SMARTS) is 1. The van der Waals surface area contributed by atoms with Crippen molar-refractivity contribution < 1.29 is 19.2 Å². The molecule has 0 bridgehead atoms. The number of nitrogens with zero attached hydrogens (tertiary/aromatic N) is 1. The Labute approximate surface area is 131 Å². The summed E-state index contributed by atoms with van der Waals surface area (Å²) in [6, 6.07) is 8.57. The number of benzene rings is 2. The molecule has 0 unspecified atom stereocenters. The Morgan fingerprint density at radius 1 is 1.29 bits per heavy atom. The maximum Gasteiger partial charge on any atom is 0.338 e. The third kappa shape index (κ3) is 3.40. The van der Waals surface area contributed by atoms with E-state index in [9.17, 15) is 19.3 Å². The lowest BCUT2D eigenvalue weighted by Gasteiger charge is -2.06. The summed E-state index contributed by atoms with van der Waals surface area (Å²) in [6.07, 6.45) is 0. The van der Waals surface area contributed by atoms with Crippen molar-refractivity contribution in [2.75, 3.05) is 0 Å². The minimum Gasteiger partial charge on any atom is -0.478 e. The monoisotopic (exact) mass is 371 g/mol. The molecule has 2 rings (SSSR count). The van der Waals surface area contributed by atoms with Crippen LogP contribution in [-0.4, -0.2) is 16.0 Å². The molecule has 0 aromatic heterocycles. The molecule has 0 atom stereocenters. The second-order valence-corrected chi connectivity index (χ2v) is 5.83. The zero-order valence-corrected chi connectivity index (χ0v) is 12.6. The summed E-state index contributed by atoms with van der Waals surface area (Å²) in [5, 5.41) is 19.9. The molecule has 0 saturated heterocycles. The fourth-order valence-electron chi connectivity index (χ4n) is 1.58. The van der Waals surface area contributed by atoms with E-state index in [1.807, 2.05) is 0 Å². The van der Waals surface area contributed by atoms with Gasteiger partial charge < -0.3 is 5.11 Å². The lowest BCUT2D eigenvalue weighted by atomic mass is 10.2. The van der Waals surface area contributed by atoms with Gasteiger partial charge in [-0.05, 0) is 34.1 Å². The van der Waals surface area contributed by atoms with Gasteiger partial charge in [0.15, 0.2) is 0 Å². The highest BCUT2D eigenvalue weighted by Gasteiger charge is 2.22. The highest BCUT2D eigenvalue weighted by Crippen LogP contribution is 2.39. The van der Waals surface area contributed by atoms with Crippen molar-refractivity contribution in [3.63, 3.8) is 0 Å². The van der Waals surface area contributed by atoms with Crippen LogP contribution in [0.4, 0.5) is 10.1 Å². The first-order chi connectivity index (χ1) is 9.90. The van der Waals surface area contributed by atoms with E-state index in [1.54, 1.807) is 24.3 Å². The number of nitro groups is 1. The number of hydrogen-bond donors (Lipinski definition) is 1. The highest BCUT2D eigenvalue weighted by atomic mass is 79.9. The molecule has 21 heavy (non-hydrogen) atoms. The van der Waals surface area contributed by atoms with Crippen LogP contribution in [-0.2, 0) is 0 Å². The standard InChI is InChI=1S/C13H7BrFNO4S/c14-8-3-1-2-4-11(8)21-12-6-9(15)7(13(17)18)5-10(12)16(19)20/h1-6H,(H,17,18). The number of aromatic carboxylic acids is 1. The molecule has 0 spiro atoms. The Bertz CT molecular complexity index is 738. The molecule has 108 valence electrons. The van der Waals surface area contributed by atoms with Gasteiger partial charge in [-0.3, -0.25) is 10.1 Å². The predicted octanol–water partition coefficient (Wildman–Crippen LogP) is 4.35. The van der Waals surface area contributed by atoms with E-state index >= 15 is 0 Å². The van der Waals surface area contributed by atoms with E-state index in [4.69, 9.17) is 5.11 Å². The van der Waals surface area contributed by atoms with Crippen LogP contribution in [0.1, 0.15) is 10.4 Å². The predicted molar refractivity (Wildman–Crippen MR) is 78.3 cm³/mol. The molecule has 1 N–H and O–H groups in total. The highest BCUT2D eigenvalue weighted by molar-refractivity contribution is 9.10. The third-order valence-corrected chi connectivity index (χ3v) is 4.61. The van der Waals surface area contributed by atoms with Gasteiger partial charge in [-0.15, -0.1) is 0 Å². The van der Waals surface area contributed by atoms with E-state index < -0.39 is 28.0 Å². The van der Waals surface area contributed by atoms with Crippen LogP contribution in [0.15, 0.2) is 50.7 Å². The molecule has 2 aromatic carbocycles. The van der Waals surface area contributed by atoms with Crippen LogP contribution in [0, 0.1) is 15.9 Å². The average Bonchev–Trinajstić information content (AvgIpc) is 2.40. The number of nitro benzene ring substituents is 1. The fourth-order valence-corrected chi connectivity index (χ4v) is 3.05. The minimum atomic E-state index is -1.55. The van der Waals surface area contributed by atoms with Crippen LogP contribution in [0.3, 0.4) is 0 Å². The Hall–Kier alpha value is -1.93. The molecular weight excluding hydrogens is 365 g/mol. The van der Waals surface area contributed by atoms with Gasteiger partial charge >= 0.3 is 5.97 Å². The summed E-state index contributed by atoms with van der Waals surface area (Å²) in [5.74, 6) is -2.56. The van der Waals surface area contributed by atoms with Crippen molar-refractivity contribution in [3.8, 4) is 0 Å². The summed E-state index contributed by atoms with van der Waals surface area (Å²) < 4.78 is 14.4. The largest absolute Gasteiger partial charge is 0.478 e. The van der Waals surface area contributed by atoms with Crippen molar-refractivity contribution >= 4 is 39.3 Å². The van der Waals surface area contributed by atoms with Crippen LogP contribution in [0.25, 0.3) is 0 Å². The van der Waals surface area contributed by atoms with Crippen LogP contribution < -0.4 is 0 Å². The van der Waals surface area contributed by atoms with E-state index in [-0.39, 0.29) is 4.90 Å². The minimum absolute atomic E-state index is 0.0365. The van der Waals surface area contributed by atoms with Crippen molar-refractivity contribution in [2.45, 2.75) is 9.79 Å². The van der Waals surface area contributed by atoms with Gasteiger partial charge in [0.25, 0.3) is 5.69 Å². The van der Waals surface area contributed by atoms with Gasteiger partial charge in [0, 0.05) is 15.4 Å². The lowest BCUT2D eigenvalue weighted by molar-refractivity contribution is -0.387. The van der Waals surface area contributed by atoms with Crippen molar-refractivity contribution in [3.05, 3.63) is 62.4 Å². The maximum absolute atomic E-state index is 13.7. The average molecular weight is 372 g/mol. The van der Waals surface area contributed by atoms with E-state index in [1.165, 1.54) is 0 Å². The van der Waals surface area contributed by atoms with Gasteiger partial charge in [0.2, 0.25) is 0 Å². The summed E-state index contributed by atoms with van der Waals surface area (Å²) >= 11 is 4.28. The van der Waals surface area contributed by atoms with E-state index in [0.29, 0.717) is 9.37 Å². The van der Waals surface area contributed by atoms with Crippen molar-refractivity contribution in [1.29, 1.82) is 0 Å². The molecule has 0 aliphatic rings. The summed E-state index contributed by atoms with van der Waals surface area (Å²) in [7, 11) is 0. The van der Waals surface area contributed by atoms with E-state index in [0.717, 1.165) is 23.9 Å². The molecule has 0 aliphatic heterocycles. The lowest BCUT2D eigenvalue weighted by Crippen LogP contribution is -2.03. The van der Waals surface area contributed by atoms with Gasteiger partial charge in [-0.2, -0.15) is 0 Å². The number of carboxylic acids is 1. The molecule has 8 heteroatoms. The normalized spacial score (nSPS) is 10.4. The number of hydrogen-bond acceptors (Lipinski definition) is 4. The third-order valence-electron chi connectivity index (χ3n) is 2.53. The fraction of sp³-hybridized carbons (Fsp3) is 0. The topological polar surface area (TPSA) is 80.4 Å². The number of carbonyl (C=O) groups is 1. The smallest absolute Gasteiger partial charge is 0.338 e. The molecule has 0 heterocycles. The number of rotatable bonds is 4. The van der Waals surface area contributed by atoms with Crippen LogP contribution in [0.5, 0.6) is 0 Å². The van der Waals surface area contributed by atoms with Crippen molar-refractivity contribution in [1.82, 2.24) is 0 Å². The molecular formula is C13H7BrFNO4S. The summed E-state index contributed by atoms with van der Waals surface area (Å²) in [5.41, 5.74) is -1.17. The first-order valence-corrected chi connectivity index (χ1v) is 7.14. The zero-order valence-electron chi connectivity index (χ0n) is 10.2. The molecule has 0 amide bonds. The first kappa shape index (κ1) is 15.5. The Morgan fingerprint density at radius 3 is 2.52 bits per heavy atom. The molecule has 0 saturated carbocycles.